The molecule has 0 heterocycles. The molecule has 0 saturated carbocycles. The highest BCUT2D eigenvalue weighted by Gasteiger charge is 2.35. The monoisotopic (exact) mass is 965 g/mol. The molecule has 0 aliphatic carbocycles. The molecule has 0 bridgehead atoms. The van der Waals surface area contributed by atoms with Crippen LogP contribution >= 0.6 is 25.3 Å². The maximum absolute atomic E-state index is 13.8. The Bertz CT molecular complexity index is 1690. The van der Waals surface area contributed by atoms with Gasteiger partial charge in [-0.1, -0.05) is 27.7 Å². The molecule has 0 aromatic rings. The van der Waals surface area contributed by atoms with Crippen molar-refractivity contribution < 1.29 is 63.3 Å². The van der Waals surface area contributed by atoms with Gasteiger partial charge in [0.25, 0.3) is 0 Å². The van der Waals surface area contributed by atoms with Crippen LogP contribution in [0.5, 0.6) is 0 Å². The van der Waals surface area contributed by atoms with Crippen LogP contribution in [0, 0.1) is 11.8 Å². The fourth-order valence-corrected chi connectivity index (χ4v) is 5.99. The number of primary amides is 1. The molecule has 26 nitrogen and oxygen atoms in total. The lowest BCUT2D eigenvalue weighted by Gasteiger charge is -2.27. The van der Waals surface area contributed by atoms with Crippen LogP contribution < -0.4 is 65.5 Å². The van der Waals surface area contributed by atoms with Crippen molar-refractivity contribution in [2.75, 3.05) is 31.3 Å². The van der Waals surface area contributed by atoms with Gasteiger partial charge < -0.3 is 80.8 Å². The number of hydrogen-bond donors (Lipinski definition) is 17. The summed E-state index contributed by atoms with van der Waals surface area (Å²) in [4.78, 5) is 133. The predicted octanol–water partition coefficient (Wildman–Crippen LogP) is -6.84. The van der Waals surface area contributed by atoms with Crippen LogP contribution in [0.2, 0.25) is 0 Å². The molecule has 65 heavy (non-hydrogen) atoms. The summed E-state index contributed by atoms with van der Waals surface area (Å²) < 4.78 is 0. The molecule has 0 unspecified atom stereocenters. The number of nitrogens with one attached hydrogen (secondary N) is 8. The highest BCUT2D eigenvalue weighted by Crippen LogP contribution is 2.10. The van der Waals surface area contributed by atoms with Crippen LogP contribution in [0.1, 0.15) is 66.7 Å². The third kappa shape index (κ3) is 23.3. The van der Waals surface area contributed by atoms with Crippen LogP contribution in [-0.2, 0) is 47.9 Å². The van der Waals surface area contributed by atoms with Gasteiger partial charge >= 0.3 is 5.97 Å². The maximum atomic E-state index is 13.8. The summed E-state index contributed by atoms with van der Waals surface area (Å²) in [5, 5.41) is 48.3. The van der Waals surface area contributed by atoms with Crippen molar-refractivity contribution >= 4 is 90.4 Å². The first-order valence-electron chi connectivity index (χ1n) is 20.5. The summed E-state index contributed by atoms with van der Waals surface area (Å²) in [5.74, 6) is -11.2. The van der Waals surface area contributed by atoms with Gasteiger partial charge in [-0.3, -0.25) is 52.9 Å². The Kier molecular flexibility index (Phi) is 28.1. The summed E-state index contributed by atoms with van der Waals surface area (Å²) in [7, 11) is 0. The van der Waals surface area contributed by atoms with Gasteiger partial charge in [0.2, 0.25) is 53.2 Å². The number of rotatable bonds is 31. The molecule has 19 N–H and O–H groups in total. The Labute approximate surface area is 387 Å². The van der Waals surface area contributed by atoms with E-state index >= 15 is 0 Å². The number of thiol groups is 2. The summed E-state index contributed by atoms with van der Waals surface area (Å²) >= 11 is 7.90. The number of aliphatic carboxylic acids is 1. The van der Waals surface area contributed by atoms with Gasteiger partial charge in [-0.15, -0.1) is 0 Å². The number of carboxylic acids is 1. The highest BCUT2D eigenvalue weighted by atomic mass is 32.1. The minimum Gasteiger partial charge on any atom is -0.481 e. The lowest BCUT2D eigenvalue weighted by atomic mass is 10.0. The lowest BCUT2D eigenvalue weighted by molar-refractivity contribution is -0.141. The van der Waals surface area contributed by atoms with E-state index in [1.807, 2.05) is 0 Å². The Morgan fingerprint density at radius 1 is 0.523 bits per heavy atom. The maximum Gasteiger partial charge on any atom is 0.305 e. The molecule has 0 aromatic heterocycles. The van der Waals surface area contributed by atoms with E-state index in [0.717, 1.165) is 0 Å². The van der Waals surface area contributed by atoms with E-state index in [2.05, 4.69) is 72.8 Å². The van der Waals surface area contributed by atoms with Crippen molar-refractivity contribution in [2.24, 2.45) is 39.8 Å². The number of nitrogens with zero attached hydrogens (tertiary/aromatic N) is 1. The van der Waals surface area contributed by atoms with Gasteiger partial charge in [0.15, 0.2) is 5.96 Å². The minimum absolute atomic E-state index is 0.0277. The topological polar surface area (TPSA) is 444 Å². The average Bonchev–Trinajstić information content (AvgIpc) is 3.22. The van der Waals surface area contributed by atoms with E-state index in [9.17, 15) is 63.3 Å². The summed E-state index contributed by atoms with van der Waals surface area (Å²) in [6.07, 6.45) is -1.08. The van der Waals surface area contributed by atoms with Gasteiger partial charge in [0.1, 0.15) is 48.3 Å². The van der Waals surface area contributed by atoms with Crippen molar-refractivity contribution in [3.05, 3.63) is 0 Å². The Morgan fingerprint density at radius 3 is 1.31 bits per heavy atom. The standard InChI is InChI=1S/C37H67N13O13S2/c1-16(2)9-21(45-30(57)19(38)14-64)34(61)48-25(13-52)36(63)49-24(12-51)35(62)44-20(7-6-8-42-37(40)41)31(58)46-22(10-17(3)4)33(60)47-23(11-27(53)54)32(59)43-18(5)29(56)50-26(15-65)28(39)55/h16-26,51-52,64-65H,6-15,38H2,1-5H3,(H2,39,55)(H,43,59)(H,44,62)(H,45,57)(H,46,58)(H,47,60)(H,48,61)(H,49,63)(H,50,56)(H,53,54)(H4,40,41,42)/t18-,19-,20-,21-,22-,23-,24-,25-,26-/m0/s1. The van der Waals surface area contributed by atoms with E-state index in [4.69, 9.17) is 22.9 Å². The van der Waals surface area contributed by atoms with Gasteiger partial charge in [0.05, 0.1) is 25.7 Å². The fraction of sp³-hybridized carbons (Fsp3) is 0.703. The molecular formula is C37H67N13O13S2. The predicted molar refractivity (Wildman–Crippen MR) is 241 cm³/mol. The molecule has 28 heteroatoms. The first-order chi connectivity index (χ1) is 30.3. The van der Waals surface area contributed by atoms with Crippen molar-refractivity contribution in [1.82, 2.24) is 42.5 Å². The number of carbonyl (C=O) groups is 10. The number of carbonyl (C=O) groups excluding carboxylic acids is 9. The fourth-order valence-electron chi connectivity index (χ4n) is 5.56. The highest BCUT2D eigenvalue weighted by molar-refractivity contribution is 7.80. The second kappa shape index (κ2) is 30.6. The smallest absolute Gasteiger partial charge is 0.305 e. The van der Waals surface area contributed by atoms with E-state index in [1.165, 1.54) is 6.92 Å². The Hall–Kier alpha value is -5.45. The molecule has 0 aromatic carbocycles. The molecule has 0 aliphatic rings. The van der Waals surface area contributed by atoms with Crippen LogP contribution in [0.4, 0.5) is 0 Å². The third-order valence-electron chi connectivity index (χ3n) is 9.03. The first-order valence-corrected chi connectivity index (χ1v) is 21.8. The molecular weight excluding hydrogens is 899 g/mol. The number of carboxylic acid groups (broad SMARTS) is 1. The zero-order valence-electron chi connectivity index (χ0n) is 37.0. The number of guanidine groups is 1. The largest absolute Gasteiger partial charge is 0.481 e. The summed E-state index contributed by atoms with van der Waals surface area (Å²) in [6, 6.07) is -13.0. The van der Waals surface area contributed by atoms with E-state index in [0.29, 0.717) is 0 Å². The Morgan fingerprint density at radius 2 is 0.908 bits per heavy atom. The molecule has 9 amide bonds. The molecule has 0 saturated heterocycles. The summed E-state index contributed by atoms with van der Waals surface area (Å²) in [5.41, 5.74) is 21.7. The van der Waals surface area contributed by atoms with Gasteiger partial charge in [0, 0.05) is 18.1 Å². The summed E-state index contributed by atoms with van der Waals surface area (Å²) in [6.45, 7) is 6.05. The zero-order chi connectivity index (χ0) is 50.1. The quantitative estimate of drug-likeness (QED) is 0.0133. The van der Waals surface area contributed by atoms with Crippen molar-refractivity contribution in [2.45, 2.75) is 121 Å². The second-order valence-electron chi connectivity index (χ2n) is 15.7. The Balaban J connectivity index is 6.36. The first kappa shape index (κ1) is 59.5. The van der Waals surface area contributed by atoms with Gasteiger partial charge in [-0.05, 0) is 44.4 Å². The van der Waals surface area contributed by atoms with Crippen LogP contribution in [0.15, 0.2) is 4.99 Å². The van der Waals surface area contributed by atoms with Crippen LogP contribution in [0.3, 0.4) is 0 Å². The number of aliphatic hydroxyl groups is 2. The number of hydrogen-bond acceptors (Lipinski definition) is 16. The SMILES string of the molecule is CC(C)C[C@H](NC(=O)[C@H](CCCN=C(N)N)NC(=O)[C@H](CO)NC(=O)[C@H](CO)NC(=O)[C@H](CC(C)C)NC(=O)[C@@H](N)CS)C(=O)N[C@@H](CC(=O)O)C(=O)N[C@@H](C)C(=O)N[C@@H](CS)C(N)=O. The number of amides is 9. The number of aliphatic hydroxyl groups excluding tert-OH is 2. The van der Waals surface area contributed by atoms with Crippen molar-refractivity contribution in [1.29, 1.82) is 0 Å². The normalized spacial score (nSPS) is 15.2. The van der Waals surface area contributed by atoms with Crippen LogP contribution in [-0.4, -0.2) is 166 Å². The number of nitrogens with two attached hydrogens (primary N) is 4. The van der Waals surface area contributed by atoms with E-state index in [1.54, 1.807) is 27.7 Å². The van der Waals surface area contributed by atoms with E-state index < -0.39 is 133 Å². The molecule has 9 atom stereocenters. The second-order valence-corrected chi connectivity index (χ2v) is 16.4. The number of aliphatic imine (C=N–C) groups is 1. The van der Waals surface area contributed by atoms with Gasteiger partial charge in [-0.2, -0.15) is 25.3 Å². The third-order valence-corrected chi connectivity index (χ3v) is 9.79. The van der Waals surface area contributed by atoms with E-state index in [-0.39, 0.29) is 61.5 Å². The molecule has 0 radical (unpaired) electrons. The molecule has 0 fully saturated rings. The molecule has 0 spiro atoms. The average molecular weight is 966 g/mol. The molecule has 0 aliphatic heterocycles. The molecule has 0 rings (SSSR count). The molecule has 370 valence electrons. The minimum atomic E-state index is -1.79. The lowest BCUT2D eigenvalue weighted by Crippen LogP contribution is -2.61. The van der Waals surface area contributed by atoms with Crippen LogP contribution in [0.25, 0.3) is 0 Å². The van der Waals surface area contributed by atoms with Gasteiger partial charge in [-0.25, -0.2) is 0 Å². The van der Waals surface area contributed by atoms with Crippen molar-refractivity contribution in [3.63, 3.8) is 0 Å². The zero-order valence-corrected chi connectivity index (χ0v) is 38.8. The van der Waals surface area contributed by atoms with Crippen molar-refractivity contribution in [3.8, 4) is 0 Å².